The van der Waals surface area contributed by atoms with Crippen molar-refractivity contribution in [2.75, 3.05) is 27.9 Å². The van der Waals surface area contributed by atoms with Gasteiger partial charge >= 0.3 is 0 Å². The molecule has 2 aromatic carbocycles. The number of benzene rings is 2. The van der Waals surface area contributed by atoms with Crippen LogP contribution in [0, 0.1) is 0 Å². The highest BCUT2D eigenvalue weighted by molar-refractivity contribution is 14.0. The Hall–Kier alpha value is -3.01. The van der Waals surface area contributed by atoms with Crippen molar-refractivity contribution in [3.05, 3.63) is 71.9 Å². The molecule has 0 unspecified atom stereocenters. The maximum Gasteiger partial charge on any atom is 0.203 e. The number of hydrogen-bond donors (Lipinski definition) is 2. The maximum atomic E-state index is 5.44. The first kappa shape index (κ1) is 26.2. The van der Waals surface area contributed by atoms with E-state index < -0.39 is 0 Å². The summed E-state index contributed by atoms with van der Waals surface area (Å²) < 4.78 is 16.3. The van der Waals surface area contributed by atoms with E-state index >= 15 is 0 Å². The first-order chi connectivity index (χ1) is 15.7. The summed E-state index contributed by atoms with van der Waals surface area (Å²) in [6.07, 6.45) is 1.80. The van der Waals surface area contributed by atoms with Gasteiger partial charge in [-0.05, 0) is 48.4 Å². The smallest absolute Gasteiger partial charge is 0.203 e. The number of methoxy groups -OCH3 is 3. The number of ether oxygens (including phenoxy) is 3. The zero-order valence-corrected chi connectivity index (χ0v) is 21.8. The number of aromatic nitrogens is 1. The van der Waals surface area contributed by atoms with Crippen molar-refractivity contribution in [2.24, 2.45) is 4.99 Å². The highest BCUT2D eigenvalue weighted by Crippen LogP contribution is 2.38. The van der Waals surface area contributed by atoms with E-state index in [1.165, 1.54) is 0 Å². The summed E-state index contributed by atoms with van der Waals surface area (Å²) >= 11 is 0. The Labute approximate surface area is 212 Å². The average Bonchev–Trinajstić information content (AvgIpc) is 2.85. The molecule has 0 spiro atoms. The fraction of sp³-hybridized carbons (Fsp3) is 0.280. The lowest BCUT2D eigenvalue weighted by molar-refractivity contribution is 0.324. The average molecular weight is 562 g/mol. The van der Waals surface area contributed by atoms with Gasteiger partial charge in [-0.2, -0.15) is 0 Å². The third kappa shape index (κ3) is 7.24. The molecule has 0 radical (unpaired) electrons. The number of aliphatic imine (C=N–C) groups is 1. The van der Waals surface area contributed by atoms with Crippen LogP contribution in [0.25, 0.3) is 11.3 Å². The van der Waals surface area contributed by atoms with Gasteiger partial charge in [-0.3, -0.25) is 4.98 Å². The largest absolute Gasteiger partial charge is 0.493 e. The fourth-order valence-corrected chi connectivity index (χ4v) is 3.30. The first-order valence-electron chi connectivity index (χ1n) is 10.5. The zero-order valence-electron chi connectivity index (χ0n) is 19.4. The summed E-state index contributed by atoms with van der Waals surface area (Å²) in [6, 6.07) is 18.1. The molecule has 7 nitrogen and oxygen atoms in total. The van der Waals surface area contributed by atoms with Crippen LogP contribution in [0.3, 0.4) is 0 Å². The van der Waals surface area contributed by atoms with Gasteiger partial charge in [0.05, 0.1) is 33.6 Å². The van der Waals surface area contributed by atoms with Gasteiger partial charge in [0.25, 0.3) is 0 Å². The van der Waals surface area contributed by atoms with E-state index in [9.17, 15) is 0 Å². The Morgan fingerprint density at radius 2 is 1.64 bits per heavy atom. The summed E-state index contributed by atoms with van der Waals surface area (Å²) in [7, 11) is 4.80. The van der Waals surface area contributed by atoms with Crippen LogP contribution < -0.4 is 24.8 Å². The van der Waals surface area contributed by atoms with Crippen LogP contribution in [0.1, 0.15) is 18.1 Å². The lowest BCUT2D eigenvalue weighted by atomic mass is 10.1. The molecule has 0 aliphatic heterocycles. The maximum absolute atomic E-state index is 5.44. The first-order valence-corrected chi connectivity index (χ1v) is 10.5. The van der Waals surface area contributed by atoms with E-state index in [0.717, 1.165) is 34.9 Å². The molecule has 0 aliphatic rings. The van der Waals surface area contributed by atoms with Crippen molar-refractivity contribution >= 4 is 29.9 Å². The number of pyridine rings is 1. The monoisotopic (exact) mass is 562 g/mol. The summed E-state index contributed by atoms with van der Waals surface area (Å²) in [5.41, 5.74) is 4.14. The minimum atomic E-state index is 0. The van der Waals surface area contributed by atoms with Gasteiger partial charge in [-0.15, -0.1) is 24.0 Å². The van der Waals surface area contributed by atoms with Crippen molar-refractivity contribution in [3.63, 3.8) is 0 Å². The predicted octanol–water partition coefficient (Wildman–Crippen LogP) is 4.65. The Morgan fingerprint density at radius 3 is 2.24 bits per heavy atom. The summed E-state index contributed by atoms with van der Waals surface area (Å²) in [5.74, 6) is 2.52. The van der Waals surface area contributed by atoms with Crippen molar-refractivity contribution in [1.29, 1.82) is 0 Å². The van der Waals surface area contributed by atoms with Crippen LogP contribution in [-0.2, 0) is 13.1 Å². The Kier molecular flexibility index (Phi) is 10.8. The number of nitrogens with zero attached hydrogens (tertiary/aromatic N) is 2. The highest BCUT2D eigenvalue weighted by Gasteiger charge is 2.13. The van der Waals surface area contributed by atoms with Crippen molar-refractivity contribution in [2.45, 2.75) is 20.0 Å². The van der Waals surface area contributed by atoms with E-state index in [1.54, 1.807) is 27.5 Å². The zero-order chi connectivity index (χ0) is 22.8. The van der Waals surface area contributed by atoms with Gasteiger partial charge in [-0.1, -0.05) is 24.3 Å². The molecule has 0 fully saturated rings. The van der Waals surface area contributed by atoms with Gasteiger partial charge in [0.15, 0.2) is 17.5 Å². The second kappa shape index (κ2) is 13.5. The van der Waals surface area contributed by atoms with E-state index in [0.29, 0.717) is 30.3 Å². The molecule has 1 aromatic heterocycles. The highest BCUT2D eigenvalue weighted by atomic mass is 127. The second-order valence-corrected chi connectivity index (χ2v) is 7.00. The number of halogens is 1. The summed E-state index contributed by atoms with van der Waals surface area (Å²) in [6.45, 7) is 3.90. The second-order valence-electron chi connectivity index (χ2n) is 7.00. The molecule has 8 heteroatoms. The van der Waals surface area contributed by atoms with Crippen LogP contribution >= 0.6 is 24.0 Å². The summed E-state index contributed by atoms with van der Waals surface area (Å²) in [4.78, 5) is 9.15. The molecule has 0 aliphatic carbocycles. The van der Waals surface area contributed by atoms with E-state index in [-0.39, 0.29) is 24.0 Å². The lowest BCUT2D eigenvalue weighted by Crippen LogP contribution is -2.36. The van der Waals surface area contributed by atoms with Gasteiger partial charge in [0.2, 0.25) is 5.75 Å². The van der Waals surface area contributed by atoms with Gasteiger partial charge in [-0.25, -0.2) is 4.99 Å². The van der Waals surface area contributed by atoms with Crippen LogP contribution in [0.2, 0.25) is 0 Å². The van der Waals surface area contributed by atoms with Crippen molar-refractivity contribution in [1.82, 2.24) is 15.6 Å². The molecule has 1 heterocycles. The molecular weight excluding hydrogens is 531 g/mol. The molecule has 33 heavy (non-hydrogen) atoms. The number of rotatable bonds is 9. The van der Waals surface area contributed by atoms with Crippen LogP contribution in [0.4, 0.5) is 0 Å². The fourth-order valence-electron chi connectivity index (χ4n) is 3.30. The number of hydrogen-bond acceptors (Lipinski definition) is 5. The van der Waals surface area contributed by atoms with Crippen molar-refractivity contribution < 1.29 is 14.2 Å². The molecule has 0 bridgehead atoms. The Morgan fingerprint density at radius 1 is 0.879 bits per heavy atom. The third-order valence-corrected chi connectivity index (χ3v) is 4.84. The Bertz CT molecular complexity index is 1020. The number of guanidine groups is 1. The topological polar surface area (TPSA) is 77.0 Å². The molecule has 0 saturated heterocycles. The quantitative estimate of drug-likeness (QED) is 0.225. The van der Waals surface area contributed by atoms with Crippen LogP contribution in [0.5, 0.6) is 17.2 Å². The van der Waals surface area contributed by atoms with E-state index in [4.69, 9.17) is 19.2 Å². The Balaban J connectivity index is 0.00000385. The third-order valence-electron chi connectivity index (χ3n) is 4.84. The normalized spacial score (nSPS) is 10.7. The van der Waals surface area contributed by atoms with E-state index in [1.807, 2.05) is 43.3 Å². The predicted molar refractivity (Wildman–Crippen MR) is 143 cm³/mol. The molecule has 0 saturated carbocycles. The number of nitrogens with one attached hydrogen (secondary N) is 2. The molecule has 2 N–H and O–H groups in total. The summed E-state index contributed by atoms with van der Waals surface area (Å²) in [5, 5.41) is 6.69. The molecule has 0 amide bonds. The lowest BCUT2D eigenvalue weighted by Gasteiger charge is -2.14. The van der Waals surface area contributed by atoms with E-state index in [2.05, 4.69) is 33.8 Å². The molecule has 3 aromatic rings. The van der Waals surface area contributed by atoms with Crippen LogP contribution in [-0.4, -0.2) is 38.8 Å². The molecule has 176 valence electrons. The van der Waals surface area contributed by atoms with Gasteiger partial charge in [0, 0.05) is 24.8 Å². The van der Waals surface area contributed by atoms with Gasteiger partial charge < -0.3 is 24.8 Å². The van der Waals surface area contributed by atoms with Crippen LogP contribution in [0.15, 0.2) is 65.8 Å². The molecule has 0 atom stereocenters. The standard InChI is InChI=1S/C25H30N4O3.HI/c1-5-26-25(29-17-19-14-22(30-2)24(32-4)23(15-19)31-3)28-16-18-9-8-10-20(13-18)21-11-6-7-12-27-21;/h6-15H,5,16-17H2,1-4H3,(H2,26,28,29);1H. The van der Waals surface area contributed by atoms with Gasteiger partial charge in [0.1, 0.15) is 0 Å². The van der Waals surface area contributed by atoms with Crippen molar-refractivity contribution in [3.8, 4) is 28.5 Å². The minimum Gasteiger partial charge on any atom is -0.493 e. The molecular formula is C25H31IN4O3. The minimum absolute atomic E-state index is 0. The SMILES string of the molecule is CCNC(=NCc1cc(OC)c(OC)c(OC)c1)NCc1cccc(-c2ccccn2)c1.I. The molecule has 3 rings (SSSR count).